The van der Waals surface area contributed by atoms with Gasteiger partial charge in [-0.1, -0.05) is 0 Å². The van der Waals surface area contributed by atoms with Crippen molar-refractivity contribution in [1.82, 2.24) is 19.2 Å². The number of nitrogens with zero attached hydrogens (tertiary/aromatic N) is 4. The third-order valence-corrected chi connectivity index (χ3v) is 4.59. The van der Waals surface area contributed by atoms with Crippen LogP contribution in [-0.2, 0) is 20.6 Å². The molecule has 23 heavy (non-hydrogen) atoms. The zero-order chi connectivity index (χ0) is 16.7. The average Bonchev–Trinajstić information content (AvgIpc) is 3.30. The van der Waals surface area contributed by atoms with Crippen LogP contribution in [-0.4, -0.2) is 31.2 Å². The first-order valence-electron chi connectivity index (χ1n) is 7.85. The molecule has 2 heterocycles. The van der Waals surface area contributed by atoms with E-state index < -0.39 is 0 Å². The van der Waals surface area contributed by atoms with E-state index in [0.717, 1.165) is 29.8 Å². The fourth-order valence-electron chi connectivity index (χ4n) is 2.82. The maximum Gasteiger partial charge on any atom is 0.254 e. The Morgan fingerprint density at radius 3 is 2.57 bits per heavy atom. The van der Waals surface area contributed by atoms with Gasteiger partial charge in [0.2, 0.25) is 0 Å². The average molecular weight is 314 g/mol. The van der Waals surface area contributed by atoms with Gasteiger partial charge in [0.1, 0.15) is 0 Å². The van der Waals surface area contributed by atoms with E-state index in [1.54, 1.807) is 19.3 Å². The molecule has 0 unspecified atom stereocenters. The van der Waals surface area contributed by atoms with E-state index in [4.69, 9.17) is 0 Å². The molecule has 2 aromatic heterocycles. The summed E-state index contributed by atoms with van der Waals surface area (Å²) >= 11 is 0. The summed E-state index contributed by atoms with van der Waals surface area (Å²) in [6.45, 7) is 4.53. The minimum atomic E-state index is -0.166. The zero-order valence-electron chi connectivity index (χ0n) is 14.0. The van der Waals surface area contributed by atoms with Crippen LogP contribution >= 0.6 is 0 Å². The lowest BCUT2D eigenvalue weighted by molar-refractivity contribution is 0.0729. The zero-order valence-corrected chi connectivity index (χ0v) is 14.0. The molecule has 0 bridgehead atoms. The second-order valence-corrected chi connectivity index (χ2v) is 6.30. The molecule has 3 rings (SSSR count). The third-order valence-electron chi connectivity index (χ3n) is 4.59. The van der Waals surface area contributed by atoms with E-state index in [2.05, 4.69) is 5.10 Å². The van der Waals surface area contributed by atoms with Gasteiger partial charge in [-0.15, -0.1) is 0 Å². The second kappa shape index (κ2) is 5.68. The van der Waals surface area contributed by atoms with E-state index in [1.165, 1.54) is 10.6 Å². The van der Waals surface area contributed by atoms with E-state index in [1.807, 2.05) is 30.5 Å². The molecule has 0 N–H and O–H groups in total. The molecule has 2 aromatic rings. The van der Waals surface area contributed by atoms with E-state index >= 15 is 0 Å². The fourth-order valence-corrected chi connectivity index (χ4v) is 2.82. The monoisotopic (exact) mass is 314 g/mol. The molecule has 1 amide bonds. The lowest BCUT2D eigenvalue weighted by Gasteiger charge is -2.23. The summed E-state index contributed by atoms with van der Waals surface area (Å²) in [5.41, 5.74) is 3.41. The van der Waals surface area contributed by atoms with Crippen LogP contribution in [0.2, 0.25) is 0 Å². The highest BCUT2D eigenvalue weighted by molar-refractivity contribution is 5.94. The van der Waals surface area contributed by atoms with Crippen molar-refractivity contribution in [3.05, 3.63) is 51.2 Å². The highest BCUT2D eigenvalue weighted by Crippen LogP contribution is 2.30. The number of amides is 1. The first kappa shape index (κ1) is 15.5. The first-order valence-corrected chi connectivity index (χ1v) is 7.85. The molecule has 0 aliphatic heterocycles. The van der Waals surface area contributed by atoms with Crippen molar-refractivity contribution in [3.63, 3.8) is 0 Å². The molecule has 122 valence electrons. The molecule has 6 nitrogen and oxygen atoms in total. The molecule has 0 atom stereocenters. The molecule has 0 spiro atoms. The molecule has 1 fully saturated rings. The Hall–Kier alpha value is -2.37. The molecule has 1 aliphatic rings. The van der Waals surface area contributed by atoms with Gasteiger partial charge in [0.15, 0.2) is 0 Å². The summed E-state index contributed by atoms with van der Waals surface area (Å²) in [5, 5.41) is 4.43. The van der Waals surface area contributed by atoms with Gasteiger partial charge in [-0.25, -0.2) is 0 Å². The molecule has 1 saturated carbocycles. The van der Waals surface area contributed by atoms with Gasteiger partial charge >= 0.3 is 0 Å². The Morgan fingerprint density at radius 2 is 2.04 bits per heavy atom. The second-order valence-electron chi connectivity index (χ2n) is 6.30. The highest BCUT2D eigenvalue weighted by atomic mass is 16.2. The van der Waals surface area contributed by atoms with Crippen LogP contribution in [0.15, 0.2) is 23.1 Å². The molecule has 0 aromatic carbocycles. The SMILES string of the molecule is Cc1nn(C)c(C)c1CN(C(=O)c1ccn(C)c(=O)c1)C1CC1. The number of aryl methyl sites for hydroxylation is 3. The lowest BCUT2D eigenvalue weighted by Crippen LogP contribution is -2.34. The van der Waals surface area contributed by atoms with Gasteiger partial charge in [-0.2, -0.15) is 5.10 Å². The molecular formula is C17H22N4O2. The van der Waals surface area contributed by atoms with Crippen molar-refractivity contribution in [2.24, 2.45) is 14.1 Å². The first-order chi connectivity index (χ1) is 10.9. The molecule has 6 heteroatoms. The van der Waals surface area contributed by atoms with Crippen LogP contribution in [0.1, 0.15) is 40.2 Å². The Labute approximate surface area is 135 Å². The summed E-state index contributed by atoms with van der Waals surface area (Å²) < 4.78 is 3.31. The van der Waals surface area contributed by atoms with E-state index in [9.17, 15) is 9.59 Å². The van der Waals surface area contributed by atoms with Gasteiger partial charge in [-0.3, -0.25) is 14.3 Å². The van der Waals surface area contributed by atoms with Crippen molar-refractivity contribution < 1.29 is 4.79 Å². The van der Waals surface area contributed by atoms with Gasteiger partial charge in [0.25, 0.3) is 11.5 Å². The smallest absolute Gasteiger partial charge is 0.254 e. The Kier molecular flexibility index (Phi) is 3.83. The summed E-state index contributed by atoms with van der Waals surface area (Å²) in [7, 11) is 3.59. The Bertz CT molecular complexity index is 814. The van der Waals surface area contributed by atoms with Crippen molar-refractivity contribution in [1.29, 1.82) is 0 Å². The number of pyridine rings is 1. The normalized spacial score (nSPS) is 14.1. The molecule has 1 aliphatic carbocycles. The van der Waals surface area contributed by atoms with Crippen molar-refractivity contribution in [2.45, 2.75) is 39.3 Å². The van der Waals surface area contributed by atoms with Gasteiger partial charge in [-0.05, 0) is 32.8 Å². The lowest BCUT2D eigenvalue weighted by atomic mass is 10.1. The molecule has 0 radical (unpaired) electrons. The van der Waals surface area contributed by atoms with Crippen LogP contribution in [0.3, 0.4) is 0 Å². The van der Waals surface area contributed by atoms with Crippen LogP contribution < -0.4 is 5.56 Å². The van der Waals surface area contributed by atoms with Gasteiger partial charge in [0, 0.05) is 55.8 Å². The maximum absolute atomic E-state index is 12.9. The predicted molar refractivity (Wildman–Crippen MR) is 87.3 cm³/mol. The van der Waals surface area contributed by atoms with Crippen LogP contribution in [0.25, 0.3) is 0 Å². The molecular weight excluding hydrogens is 292 g/mol. The van der Waals surface area contributed by atoms with Crippen molar-refractivity contribution >= 4 is 5.91 Å². The number of hydrogen-bond donors (Lipinski definition) is 0. The van der Waals surface area contributed by atoms with E-state index in [-0.39, 0.29) is 17.5 Å². The standard InChI is InChI=1S/C17H22N4O2/c1-11-15(12(2)20(4)18-11)10-21(14-5-6-14)17(23)13-7-8-19(3)16(22)9-13/h7-9,14H,5-6,10H2,1-4H3. The van der Waals surface area contributed by atoms with Gasteiger partial charge in [0.05, 0.1) is 5.69 Å². The predicted octanol–water partition coefficient (Wildman–Crippen LogP) is 1.54. The maximum atomic E-state index is 12.9. The van der Waals surface area contributed by atoms with Crippen molar-refractivity contribution in [3.8, 4) is 0 Å². The van der Waals surface area contributed by atoms with Crippen LogP contribution in [0.5, 0.6) is 0 Å². The number of hydrogen-bond acceptors (Lipinski definition) is 3. The quantitative estimate of drug-likeness (QED) is 0.860. The van der Waals surface area contributed by atoms with Crippen LogP contribution in [0, 0.1) is 13.8 Å². The Balaban J connectivity index is 1.91. The summed E-state index contributed by atoms with van der Waals surface area (Å²) in [6.07, 6.45) is 3.69. The minimum absolute atomic E-state index is 0.0761. The largest absolute Gasteiger partial charge is 0.331 e. The number of carbonyl (C=O) groups excluding carboxylic acids is 1. The van der Waals surface area contributed by atoms with E-state index in [0.29, 0.717) is 12.1 Å². The van der Waals surface area contributed by atoms with Gasteiger partial charge < -0.3 is 9.47 Å². The summed E-state index contributed by atoms with van der Waals surface area (Å²) in [5.74, 6) is -0.0761. The number of rotatable bonds is 4. The van der Waals surface area contributed by atoms with Crippen molar-refractivity contribution in [2.75, 3.05) is 0 Å². The number of carbonyl (C=O) groups is 1. The third kappa shape index (κ3) is 2.93. The molecule has 0 saturated heterocycles. The van der Waals surface area contributed by atoms with Crippen LogP contribution in [0.4, 0.5) is 0 Å². The number of aromatic nitrogens is 3. The summed E-state index contributed by atoms with van der Waals surface area (Å²) in [6, 6.07) is 3.40. The fraction of sp³-hybridized carbons (Fsp3) is 0.471. The summed E-state index contributed by atoms with van der Waals surface area (Å²) in [4.78, 5) is 26.6. The topological polar surface area (TPSA) is 60.1 Å². The highest BCUT2D eigenvalue weighted by Gasteiger charge is 2.34. The minimum Gasteiger partial charge on any atom is -0.331 e. The Morgan fingerprint density at radius 1 is 1.35 bits per heavy atom.